The number of ether oxygens (including phenoxy) is 1. The maximum Gasteiger partial charge on any atom is 0.274 e. The van der Waals surface area contributed by atoms with E-state index in [1.54, 1.807) is 18.2 Å². The van der Waals surface area contributed by atoms with Gasteiger partial charge in [0.15, 0.2) is 5.78 Å². The molecule has 0 atom stereocenters. The summed E-state index contributed by atoms with van der Waals surface area (Å²) in [7, 11) is 0. The smallest absolute Gasteiger partial charge is 0.274 e. The van der Waals surface area contributed by atoms with Gasteiger partial charge in [0, 0.05) is 16.7 Å². The minimum absolute atomic E-state index is 0.116. The van der Waals surface area contributed by atoms with Crippen LogP contribution >= 0.6 is 15.9 Å². The highest BCUT2D eigenvalue weighted by Gasteiger charge is 2.14. The summed E-state index contributed by atoms with van der Waals surface area (Å²) in [6, 6.07) is 7.39. The summed E-state index contributed by atoms with van der Waals surface area (Å²) in [6.07, 6.45) is 1.48. The first kappa shape index (κ1) is 14.1. The van der Waals surface area contributed by atoms with E-state index in [4.69, 9.17) is 4.74 Å². The first-order valence-corrected chi connectivity index (χ1v) is 6.35. The molecule has 6 nitrogen and oxygen atoms in total. The van der Waals surface area contributed by atoms with Crippen molar-refractivity contribution in [1.82, 2.24) is 4.98 Å². The highest BCUT2D eigenvalue weighted by Crippen LogP contribution is 2.30. The lowest BCUT2D eigenvalue weighted by Gasteiger charge is -2.08. The standard InChI is InChI=1S/C13H9BrN2O4/c1-8(17)12-3-2-4-15-13(12)20-11-6-9(14)5-10(7-11)16(18)19/h2-7H,1H3. The molecular weight excluding hydrogens is 328 g/mol. The Morgan fingerprint density at radius 2 is 2.15 bits per heavy atom. The summed E-state index contributed by atoms with van der Waals surface area (Å²) < 4.78 is 5.98. The highest BCUT2D eigenvalue weighted by molar-refractivity contribution is 9.10. The van der Waals surface area contributed by atoms with E-state index < -0.39 is 4.92 Å². The van der Waals surface area contributed by atoms with Gasteiger partial charge in [-0.25, -0.2) is 4.98 Å². The van der Waals surface area contributed by atoms with Gasteiger partial charge in [-0.1, -0.05) is 15.9 Å². The average Bonchev–Trinajstić information content (AvgIpc) is 2.38. The molecule has 2 aromatic rings. The molecule has 2 rings (SSSR count). The van der Waals surface area contributed by atoms with Gasteiger partial charge in [0.05, 0.1) is 16.6 Å². The SMILES string of the molecule is CC(=O)c1cccnc1Oc1cc(Br)cc([N+](=O)[O-])c1. The molecule has 20 heavy (non-hydrogen) atoms. The summed E-state index contributed by atoms with van der Waals surface area (Å²) in [5.74, 6) is 0.150. The van der Waals surface area contributed by atoms with Crippen LogP contribution in [0.2, 0.25) is 0 Å². The molecule has 0 saturated heterocycles. The number of carbonyl (C=O) groups is 1. The number of halogens is 1. The van der Waals surface area contributed by atoms with Crippen LogP contribution in [0.4, 0.5) is 5.69 Å². The van der Waals surface area contributed by atoms with E-state index in [0.29, 0.717) is 10.0 Å². The van der Waals surface area contributed by atoms with Crippen molar-refractivity contribution in [3.63, 3.8) is 0 Å². The summed E-state index contributed by atoms with van der Waals surface area (Å²) >= 11 is 3.17. The molecule has 0 fully saturated rings. The topological polar surface area (TPSA) is 82.3 Å². The third-order valence-corrected chi connectivity index (χ3v) is 2.89. The Morgan fingerprint density at radius 3 is 2.80 bits per heavy atom. The molecule has 1 aromatic heterocycles. The fourth-order valence-electron chi connectivity index (χ4n) is 1.56. The number of hydrogen-bond donors (Lipinski definition) is 0. The van der Waals surface area contributed by atoms with E-state index in [1.807, 2.05) is 0 Å². The van der Waals surface area contributed by atoms with E-state index in [1.165, 1.54) is 25.3 Å². The Balaban J connectivity index is 2.40. The van der Waals surface area contributed by atoms with Gasteiger partial charge in [-0.3, -0.25) is 14.9 Å². The first-order valence-electron chi connectivity index (χ1n) is 5.56. The third kappa shape index (κ3) is 3.18. The largest absolute Gasteiger partial charge is 0.438 e. The fraction of sp³-hybridized carbons (Fsp3) is 0.0769. The Morgan fingerprint density at radius 1 is 1.40 bits per heavy atom. The number of benzene rings is 1. The summed E-state index contributed by atoms with van der Waals surface area (Å²) in [6.45, 7) is 1.40. The quantitative estimate of drug-likeness (QED) is 0.482. The second kappa shape index (κ2) is 5.79. The number of ketones is 1. The second-order valence-corrected chi connectivity index (χ2v) is 4.83. The molecule has 0 saturated carbocycles. The highest BCUT2D eigenvalue weighted by atomic mass is 79.9. The number of Topliss-reactive ketones (excluding diaryl/α,β-unsaturated/α-hetero) is 1. The zero-order chi connectivity index (χ0) is 14.7. The fourth-order valence-corrected chi connectivity index (χ4v) is 2.02. The molecule has 0 unspecified atom stereocenters. The summed E-state index contributed by atoms with van der Waals surface area (Å²) in [5, 5.41) is 10.8. The molecule has 0 bridgehead atoms. The van der Waals surface area contributed by atoms with E-state index in [0.717, 1.165) is 0 Å². The number of aromatic nitrogens is 1. The normalized spacial score (nSPS) is 10.1. The van der Waals surface area contributed by atoms with Gasteiger partial charge in [0.1, 0.15) is 5.75 Å². The number of hydrogen-bond acceptors (Lipinski definition) is 5. The van der Waals surface area contributed by atoms with Crippen LogP contribution in [0.25, 0.3) is 0 Å². The Kier molecular flexibility index (Phi) is 4.09. The minimum Gasteiger partial charge on any atom is -0.438 e. The van der Waals surface area contributed by atoms with Crippen LogP contribution < -0.4 is 4.74 Å². The second-order valence-electron chi connectivity index (χ2n) is 3.92. The predicted molar refractivity (Wildman–Crippen MR) is 75.1 cm³/mol. The number of non-ortho nitro benzene ring substituents is 1. The van der Waals surface area contributed by atoms with E-state index in [9.17, 15) is 14.9 Å². The molecule has 0 aliphatic heterocycles. The number of nitro groups is 1. The van der Waals surface area contributed by atoms with Crippen molar-refractivity contribution in [3.05, 3.63) is 56.7 Å². The molecule has 0 aliphatic rings. The van der Waals surface area contributed by atoms with Gasteiger partial charge in [-0.15, -0.1) is 0 Å². The predicted octanol–water partition coefficient (Wildman–Crippen LogP) is 3.75. The van der Waals surface area contributed by atoms with Crippen LogP contribution in [-0.4, -0.2) is 15.7 Å². The molecule has 7 heteroatoms. The van der Waals surface area contributed by atoms with Gasteiger partial charge >= 0.3 is 0 Å². The molecule has 1 heterocycles. The lowest BCUT2D eigenvalue weighted by Crippen LogP contribution is -1.99. The maximum absolute atomic E-state index is 11.5. The van der Waals surface area contributed by atoms with Crippen LogP contribution in [0.5, 0.6) is 11.6 Å². The Hall–Kier alpha value is -2.28. The van der Waals surface area contributed by atoms with E-state index in [-0.39, 0.29) is 23.1 Å². The number of nitrogens with zero attached hydrogens (tertiary/aromatic N) is 2. The van der Waals surface area contributed by atoms with E-state index >= 15 is 0 Å². The lowest BCUT2D eigenvalue weighted by molar-refractivity contribution is -0.385. The van der Waals surface area contributed by atoms with Crippen LogP contribution in [0, 0.1) is 10.1 Å². The van der Waals surface area contributed by atoms with Crippen molar-refractivity contribution in [2.45, 2.75) is 6.92 Å². The molecule has 0 amide bonds. The van der Waals surface area contributed by atoms with E-state index in [2.05, 4.69) is 20.9 Å². The molecular formula is C13H9BrN2O4. The molecule has 102 valence electrons. The summed E-state index contributed by atoms with van der Waals surface area (Å²) in [4.78, 5) is 25.7. The van der Waals surface area contributed by atoms with Gasteiger partial charge in [-0.05, 0) is 25.1 Å². The Labute approximate surface area is 122 Å². The van der Waals surface area contributed by atoms with Crippen molar-refractivity contribution >= 4 is 27.4 Å². The molecule has 0 radical (unpaired) electrons. The zero-order valence-corrected chi connectivity index (χ0v) is 12.0. The number of carbonyl (C=O) groups excluding carboxylic acids is 1. The molecule has 0 N–H and O–H groups in total. The van der Waals surface area contributed by atoms with Crippen molar-refractivity contribution < 1.29 is 14.5 Å². The van der Waals surface area contributed by atoms with Crippen molar-refractivity contribution in [2.24, 2.45) is 0 Å². The van der Waals surface area contributed by atoms with Crippen molar-refractivity contribution in [1.29, 1.82) is 0 Å². The molecule has 0 aliphatic carbocycles. The Bertz CT molecular complexity index is 688. The zero-order valence-electron chi connectivity index (χ0n) is 10.4. The number of nitro benzene ring substituents is 1. The van der Waals surface area contributed by atoms with Crippen LogP contribution in [0.1, 0.15) is 17.3 Å². The molecule has 1 aromatic carbocycles. The van der Waals surface area contributed by atoms with Gasteiger partial charge in [0.25, 0.3) is 5.69 Å². The third-order valence-electron chi connectivity index (χ3n) is 2.43. The minimum atomic E-state index is -0.526. The monoisotopic (exact) mass is 336 g/mol. The maximum atomic E-state index is 11.5. The van der Waals surface area contributed by atoms with Gasteiger partial charge in [0.2, 0.25) is 5.88 Å². The lowest BCUT2D eigenvalue weighted by atomic mass is 10.2. The van der Waals surface area contributed by atoms with Gasteiger partial charge < -0.3 is 4.74 Å². The number of pyridine rings is 1. The van der Waals surface area contributed by atoms with Crippen molar-refractivity contribution in [2.75, 3.05) is 0 Å². The first-order chi connectivity index (χ1) is 9.47. The van der Waals surface area contributed by atoms with Crippen molar-refractivity contribution in [3.8, 4) is 11.6 Å². The average molecular weight is 337 g/mol. The van der Waals surface area contributed by atoms with Gasteiger partial charge in [-0.2, -0.15) is 0 Å². The number of rotatable bonds is 4. The summed E-state index contributed by atoms with van der Waals surface area (Å²) in [5.41, 5.74) is 0.199. The van der Waals surface area contributed by atoms with Crippen LogP contribution in [-0.2, 0) is 0 Å². The van der Waals surface area contributed by atoms with Crippen LogP contribution in [0.15, 0.2) is 41.0 Å². The molecule has 0 spiro atoms. The van der Waals surface area contributed by atoms with Crippen LogP contribution in [0.3, 0.4) is 0 Å².